The molecule has 4 nitrogen and oxygen atoms in total. The van der Waals surface area contributed by atoms with Crippen molar-refractivity contribution in [3.63, 3.8) is 0 Å². The van der Waals surface area contributed by atoms with Gasteiger partial charge in [-0.15, -0.1) is 0 Å². The second-order valence-corrected chi connectivity index (χ2v) is 4.21. The van der Waals surface area contributed by atoms with Gasteiger partial charge in [0.05, 0.1) is 17.3 Å². The molecule has 0 saturated heterocycles. The Kier molecular flexibility index (Phi) is 5.12. The lowest BCUT2D eigenvalue weighted by Gasteiger charge is -2.10. The summed E-state index contributed by atoms with van der Waals surface area (Å²) in [5, 5.41) is 14.2. The third-order valence-electron chi connectivity index (χ3n) is 2.22. The Hall–Kier alpha value is -2.09. The quantitative estimate of drug-likeness (QED) is 0.839. The molecular weight excluding hydrogens is 233 g/mol. The van der Waals surface area contributed by atoms with Crippen molar-refractivity contribution in [1.82, 2.24) is 5.32 Å². The molecule has 1 aromatic carbocycles. The zero-order valence-corrected chi connectivity index (χ0v) is 10.5. The summed E-state index contributed by atoms with van der Waals surface area (Å²) in [6, 6.07) is 6.14. The number of benzene rings is 1. The Labute approximate surface area is 106 Å². The summed E-state index contributed by atoms with van der Waals surface area (Å²) in [7, 11) is 0. The van der Waals surface area contributed by atoms with E-state index in [4.69, 9.17) is 5.26 Å². The summed E-state index contributed by atoms with van der Waals surface area (Å²) in [5.74, 6) is -0.565. The normalized spacial score (nSPS) is 9.94. The monoisotopic (exact) mass is 249 g/mol. The number of hydrogen-bond donors (Lipinski definition) is 2. The van der Waals surface area contributed by atoms with E-state index in [1.165, 1.54) is 12.1 Å². The summed E-state index contributed by atoms with van der Waals surface area (Å²) in [4.78, 5) is 11.3. The lowest BCUT2D eigenvalue weighted by Crippen LogP contribution is -2.31. The van der Waals surface area contributed by atoms with Crippen LogP contribution in [0.4, 0.5) is 10.1 Å². The number of rotatable bonds is 5. The number of hydrogen-bond acceptors (Lipinski definition) is 3. The molecule has 0 radical (unpaired) electrons. The summed E-state index contributed by atoms with van der Waals surface area (Å²) in [6.07, 6.45) is 0.275. The zero-order chi connectivity index (χ0) is 13.5. The molecule has 96 valence electrons. The Morgan fingerprint density at radius 2 is 2.22 bits per heavy atom. The van der Waals surface area contributed by atoms with Crippen LogP contribution in [-0.4, -0.2) is 18.5 Å². The molecule has 0 aliphatic carbocycles. The lowest BCUT2D eigenvalue weighted by atomic mass is 10.2. The van der Waals surface area contributed by atoms with Crippen molar-refractivity contribution >= 4 is 11.6 Å². The van der Waals surface area contributed by atoms with Gasteiger partial charge in [-0.05, 0) is 32.0 Å². The molecule has 0 unspecified atom stereocenters. The van der Waals surface area contributed by atoms with E-state index in [0.29, 0.717) is 12.2 Å². The molecule has 0 bridgehead atoms. The predicted molar refractivity (Wildman–Crippen MR) is 67.5 cm³/mol. The van der Waals surface area contributed by atoms with Crippen LogP contribution in [0.25, 0.3) is 0 Å². The maximum absolute atomic E-state index is 13.5. The number of anilines is 1. The average Bonchev–Trinajstić information content (AvgIpc) is 2.30. The standard InChI is InChI=1S/C13H16FN3O/c1-9(2)17-13(18)5-6-16-12-4-3-10(8-15)7-11(12)14/h3-4,7,9,16H,5-6H2,1-2H3,(H,17,18). The van der Waals surface area contributed by atoms with Gasteiger partial charge in [-0.2, -0.15) is 5.26 Å². The third kappa shape index (κ3) is 4.42. The molecule has 2 N–H and O–H groups in total. The van der Waals surface area contributed by atoms with Gasteiger partial charge in [0.1, 0.15) is 5.82 Å². The molecular formula is C13H16FN3O. The van der Waals surface area contributed by atoms with Crippen molar-refractivity contribution in [2.24, 2.45) is 0 Å². The van der Waals surface area contributed by atoms with E-state index >= 15 is 0 Å². The topological polar surface area (TPSA) is 64.9 Å². The number of carbonyl (C=O) groups excluding carboxylic acids is 1. The van der Waals surface area contributed by atoms with Crippen molar-refractivity contribution in [2.75, 3.05) is 11.9 Å². The number of nitrogens with zero attached hydrogens (tertiary/aromatic N) is 1. The van der Waals surface area contributed by atoms with Crippen molar-refractivity contribution in [2.45, 2.75) is 26.3 Å². The first-order valence-corrected chi connectivity index (χ1v) is 5.76. The van der Waals surface area contributed by atoms with Crippen molar-refractivity contribution in [3.8, 4) is 6.07 Å². The molecule has 18 heavy (non-hydrogen) atoms. The van der Waals surface area contributed by atoms with Crippen LogP contribution in [0, 0.1) is 17.1 Å². The van der Waals surface area contributed by atoms with Gasteiger partial charge in [-0.25, -0.2) is 4.39 Å². The Morgan fingerprint density at radius 1 is 1.50 bits per heavy atom. The summed E-state index contributed by atoms with van der Waals surface area (Å²) in [5.41, 5.74) is 0.571. The van der Waals surface area contributed by atoms with Crippen LogP contribution in [0.15, 0.2) is 18.2 Å². The molecule has 1 amide bonds. The van der Waals surface area contributed by atoms with E-state index in [9.17, 15) is 9.18 Å². The smallest absolute Gasteiger partial charge is 0.221 e. The van der Waals surface area contributed by atoms with E-state index in [1.54, 1.807) is 0 Å². The molecule has 0 atom stereocenters. The number of nitriles is 1. The Morgan fingerprint density at radius 3 is 2.78 bits per heavy atom. The molecule has 0 heterocycles. The number of amides is 1. The van der Waals surface area contributed by atoms with E-state index in [1.807, 2.05) is 19.9 Å². The first-order valence-electron chi connectivity index (χ1n) is 5.76. The molecule has 5 heteroatoms. The van der Waals surface area contributed by atoms with Crippen LogP contribution < -0.4 is 10.6 Å². The number of carbonyl (C=O) groups is 1. The van der Waals surface area contributed by atoms with Gasteiger partial charge < -0.3 is 10.6 Å². The van der Waals surface area contributed by atoms with Crippen LogP contribution >= 0.6 is 0 Å². The van der Waals surface area contributed by atoms with E-state index in [0.717, 1.165) is 6.07 Å². The van der Waals surface area contributed by atoms with Crippen LogP contribution in [0.1, 0.15) is 25.8 Å². The van der Waals surface area contributed by atoms with Crippen LogP contribution in [-0.2, 0) is 4.79 Å². The Balaban J connectivity index is 2.45. The molecule has 0 aliphatic heterocycles. The molecule has 0 aromatic heterocycles. The number of nitrogens with one attached hydrogen (secondary N) is 2. The Bertz CT molecular complexity index is 466. The van der Waals surface area contributed by atoms with E-state index < -0.39 is 5.82 Å². The fraction of sp³-hybridized carbons (Fsp3) is 0.385. The molecule has 0 saturated carbocycles. The number of halogens is 1. The summed E-state index contributed by atoms with van der Waals surface area (Å²) < 4.78 is 13.5. The molecule has 0 spiro atoms. The minimum atomic E-state index is -0.488. The first-order chi connectivity index (χ1) is 8.52. The first kappa shape index (κ1) is 14.0. The third-order valence-corrected chi connectivity index (χ3v) is 2.22. The van der Waals surface area contributed by atoms with Crippen molar-refractivity contribution in [3.05, 3.63) is 29.6 Å². The highest BCUT2D eigenvalue weighted by molar-refractivity contribution is 5.76. The average molecular weight is 249 g/mol. The molecule has 0 fully saturated rings. The highest BCUT2D eigenvalue weighted by Crippen LogP contribution is 2.15. The van der Waals surface area contributed by atoms with Crippen LogP contribution in [0.2, 0.25) is 0 Å². The minimum absolute atomic E-state index is 0.0773. The maximum Gasteiger partial charge on any atom is 0.221 e. The molecule has 1 aromatic rings. The highest BCUT2D eigenvalue weighted by atomic mass is 19.1. The van der Waals surface area contributed by atoms with Crippen LogP contribution in [0.3, 0.4) is 0 Å². The SMILES string of the molecule is CC(C)NC(=O)CCNc1ccc(C#N)cc1F. The van der Waals surface area contributed by atoms with Gasteiger partial charge in [0, 0.05) is 19.0 Å². The van der Waals surface area contributed by atoms with E-state index in [-0.39, 0.29) is 23.9 Å². The fourth-order valence-electron chi connectivity index (χ4n) is 1.43. The van der Waals surface area contributed by atoms with Gasteiger partial charge >= 0.3 is 0 Å². The zero-order valence-electron chi connectivity index (χ0n) is 10.5. The summed E-state index contributed by atoms with van der Waals surface area (Å²) in [6.45, 7) is 4.11. The highest BCUT2D eigenvalue weighted by Gasteiger charge is 2.05. The van der Waals surface area contributed by atoms with E-state index in [2.05, 4.69) is 10.6 Å². The maximum atomic E-state index is 13.5. The van der Waals surface area contributed by atoms with Crippen LogP contribution in [0.5, 0.6) is 0 Å². The van der Waals surface area contributed by atoms with Gasteiger partial charge in [0.15, 0.2) is 0 Å². The lowest BCUT2D eigenvalue weighted by molar-refractivity contribution is -0.121. The second-order valence-electron chi connectivity index (χ2n) is 4.21. The van der Waals surface area contributed by atoms with Gasteiger partial charge in [0.25, 0.3) is 0 Å². The van der Waals surface area contributed by atoms with Crippen molar-refractivity contribution < 1.29 is 9.18 Å². The largest absolute Gasteiger partial charge is 0.382 e. The minimum Gasteiger partial charge on any atom is -0.382 e. The molecule has 1 rings (SSSR count). The second kappa shape index (κ2) is 6.60. The van der Waals surface area contributed by atoms with Crippen molar-refractivity contribution in [1.29, 1.82) is 5.26 Å². The molecule has 0 aliphatic rings. The van der Waals surface area contributed by atoms with Gasteiger partial charge in [-0.3, -0.25) is 4.79 Å². The van der Waals surface area contributed by atoms with Gasteiger partial charge in [0.2, 0.25) is 5.91 Å². The predicted octanol–water partition coefficient (Wildman–Crippen LogP) is 2.02. The summed E-state index contributed by atoms with van der Waals surface area (Å²) >= 11 is 0. The van der Waals surface area contributed by atoms with Gasteiger partial charge in [-0.1, -0.05) is 0 Å². The fourth-order valence-corrected chi connectivity index (χ4v) is 1.43.